The highest BCUT2D eigenvalue weighted by molar-refractivity contribution is 7.86. The van der Waals surface area contributed by atoms with Gasteiger partial charge in [0.25, 0.3) is 10.2 Å². The lowest BCUT2D eigenvalue weighted by Gasteiger charge is -2.35. The Hall–Kier alpha value is 0.160. The highest BCUT2D eigenvalue weighted by Gasteiger charge is 2.33. The highest BCUT2D eigenvalue weighted by Crippen LogP contribution is 2.23. The maximum absolute atomic E-state index is 12.7. The number of hydrogen-bond donors (Lipinski definition) is 0. The summed E-state index contributed by atoms with van der Waals surface area (Å²) in [5, 5.41) is 0. The van der Waals surface area contributed by atoms with E-state index in [9.17, 15) is 8.42 Å². The van der Waals surface area contributed by atoms with Crippen molar-refractivity contribution in [2.45, 2.75) is 44.9 Å². The number of nitrogens with zero attached hydrogens (tertiary/aromatic N) is 2. The summed E-state index contributed by atoms with van der Waals surface area (Å²) < 4.78 is 28.7. The molecule has 0 radical (unpaired) electrons. The summed E-state index contributed by atoms with van der Waals surface area (Å²) in [6, 6.07) is 0. The summed E-state index contributed by atoms with van der Waals surface area (Å²) >= 11 is 5.89. The van der Waals surface area contributed by atoms with E-state index >= 15 is 0 Å². The Bertz CT molecular complexity index is 359. The molecule has 2 heterocycles. The van der Waals surface area contributed by atoms with Gasteiger partial charge in [-0.2, -0.15) is 17.0 Å². The Balaban J connectivity index is 2.02. The van der Waals surface area contributed by atoms with E-state index in [4.69, 9.17) is 11.6 Å². The predicted molar refractivity (Wildman–Crippen MR) is 78.6 cm³/mol. The number of alkyl halides is 1. The number of rotatable bonds is 3. The van der Waals surface area contributed by atoms with Crippen molar-refractivity contribution in [3.05, 3.63) is 0 Å². The molecule has 0 aromatic rings. The summed E-state index contributed by atoms with van der Waals surface area (Å²) in [4.78, 5) is 0. The molecule has 0 saturated carbocycles. The average Bonchev–Trinajstić information content (AvgIpc) is 2.38. The molecule has 1 atom stereocenters. The molecule has 19 heavy (non-hydrogen) atoms. The zero-order chi connectivity index (χ0) is 13.7. The third kappa shape index (κ3) is 4.06. The first-order valence-corrected chi connectivity index (χ1v) is 9.39. The molecule has 0 amide bonds. The molecule has 4 nitrogen and oxygen atoms in total. The summed E-state index contributed by atoms with van der Waals surface area (Å²) in [6.07, 6.45) is 7.51. The molecule has 2 aliphatic heterocycles. The van der Waals surface area contributed by atoms with Gasteiger partial charge >= 0.3 is 0 Å². The van der Waals surface area contributed by atoms with Crippen LogP contribution in [0.2, 0.25) is 0 Å². The van der Waals surface area contributed by atoms with E-state index in [1.807, 2.05) is 0 Å². The fraction of sp³-hybridized carbons (Fsp3) is 1.00. The first-order valence-electron chi connectivity index (χ1n) is 7.46. The second-order valence-corrected chi connectivity index (χ2v) is 7.93. The number of piperidine rings is 1. The summed E-state index contributed by atoms with van der Waals surface area (Å²) in [5.74, 6) is 0.881. The molecule has 0 N–H and O–H groups in total. The van der Waals surface area contributed by atoms with E-state index in [1.54, 1.807) is 8.61 Å². The maximum Gasteiger partial charge on any atom is 0.281 e. The highest BCUT2D eigenvalue weighted by atomic mass is 35.5. The van der Waals surface area contributed by atoms with Gasteiger partial charge in [0.15, 0.2) is 0 Å². The van der Waals surface area contributed by atoms with Crippen molar-refractivity contribution in [1.29, 1.82) is 0 Å². The second-order valence-electron chi connectivity index (χ2n) is 5.70. The van der Waals surface area contributed by atoms with Crippen LogP contribution in [0.5, 0.6) is 0 Å². The van der Waals surface area contributed by atoms with Crippen LogP contribution >= 0.6 is 11.6 Å². The smallest absolute Gasteiger partial charge is 0.195 e. The first-order chi connectivity index (χ1) is 9.14. The predicted octanol–water partition coefficient (Wildman–Crippen LogP) is 2.45. The monoisotopic (exact) mass is 308 g/mol. The van der Waals surface area contributed by atoms with Gasteiger partial charge in [-0.25, -0.2) is 0 Å². The fourth-order valence-corrected chi connectivity index (χ4v) is 5.03. The minimum Gasteiger partial charge on any atom is -0.195 e. The molecular formula is C13H25ClN2O2S. The van der Waals surface area contributed by atoms with Gasteiger partial charge in [0.1, 0.15) is 0 Å². The van der Waals surface area contributed by atoms with Gasteiger partial charge in [-0.3, -0.25) is 0 Å². The molecule has 0 aromatic carbocycles. The van der Waals surface area contributed by atoms with Gasteiger partial charge in [0.2, 0.25) is 0 Å². The Kier molecular flexibility index (Phi) is 5.93. The molecule has 0 spiro atoms. The van der Waals surface area contributed by atoms with E-state index < -0.39 is 10.2 Å². The number of halogens is 1. The van der Waals surface area contributed by atoms with Crippen LogP contribution in [0.3, 0.4) is 0 Å². The van der Waals surface area contributed by atoms with Crippen LogP contribution in [0.1, 0.15) is 44.9 Å². The normalized spacial score (nSPS) is 28.8. The molecule has 2 rings (SSSR count). The van der Waals surface area contributed by atoms with Gasteiger partial charge in [0.05, 0.1) is 0 Å². The first kappa shape index (κ1) is 15.5. The van der Waals surface area contributed by atoms with Crippen LogP contribution in [0.4, 0.5) is 0 Å². The molecule has 0 aliphatic carbocycles. The molecule has 6 heteroatoms. The lowest BCUT2D eigenvalue weighted by molar-refractivity contribution is 0.254. The SMILES string of the molecule is O=S(=O)(N1CCCCCCC1)N1CCCC(CCl)C1. The van der Waals surface area contributed by atoms with Crippen molar-refractivity contribution in [1.82, 2.24) is 8.61 Å². The van der Waals surface area contributed by atoms with Gasteiger partial charge in [-0.15, -0.1) is 11.6 Å². The molecule has 0 bridgehead atoms. The Morgan fingerprint density at radius 2 is 1.47 bits per heavy atom. The standard InChI is InChI=1S/C13H25ClN2O2S/c14-11-13-7-6-10-16(12-13)19(17,18)15-8-4-2-1-3-5-9-15/h13H,1-12H2. The lowest BCUT2D eigenvalue weighted by atomic mass is 10.0. The summed E-state index contributed by atoms with van der Waals surface area (Å²) in [5.41, 5.74) is 0. The van der Waals surface area contributed by atoms with Crippen LogP contribution in [-0.2, 0) is 10.2 Å². The Morgan fingerprint density at radius 1 is 0.895 bits per heavy atom. The van der Waals surface area contributed by atoms with Gasteiger partial charge in [-0.05, 0) is 31.6 Å². The summed E-state index contributed by atoms with van der Waals surface area (Å²) in [7, 11) is -3.26. The van der Waals surface area contributed by atoms with Crippen LogP contribution in [0, 0.1) is 5.92 Å². The molecule has 0 aromatic heterocycles. The third-order valence-corrected chi connectivity index (χ3v) is 6.61. The zero-order valence-corrected chi connectivity index (χ0v) is 13.1. The third-order valence-electron chi connectivity index (χ3n) is 4.17. The van der Waals surface area contributed by atoms with Crippen molar-refractivity contribution < 1.29 is 8.42 Å². The van der Waals surface area contributed by atoms with E-state index in [1.165, 1.54) is 6.42 Å². The van der Waals surface area contributed by atoms with E-state index in [0.717, 1.165) is 38.5 Å². The largest absolute Gasteiger partial charge is 0.281 e. The maximum atomic E-state index is 12.7. The minimum absolute atomic E-state index is 0.319. The molecule has 112 valence electrons. The van der Waals surface area contributed by atoms with Crippen molar-refractivity contribution >= 4 is 21.8 Å². The average molecular weight is 309 g/mol. The zero-order valence-electron chi connectivity index (χ0n) is 11.6. The lowest BCUT2D eigenvalue weighted by Crippen LogP contribution is -2.49. The molecular weight excluding hydrogens is 284 g/mol. The van der Waals surface area contributed by atoms with Crippen molar-refractivity contribution in [2.75, 3.05) is 32.1 Å². The van der Waals surface area contributed by atoms with E-state index in [0.29, 0.717) is 38.0 Å². The molecule has 1 unspecified atom stereocenters. The van der Waals surface area contributed by atoms with Crippen molar-refractivity contribution in [3.8, 4) is 0 Å². The van der Waals surface area contributed by atoms with E-state index in [2.05, 4.69) is 0 Å². The van der Waals surface area contributed by atoms with Crippen LogP contribution in [0.15, 0.2) is 0 Å². The molecule has 2 saturated heterocycles. The molecule has 2 aliphatic rings. The topological polar surface area (TPSA) is 40.6 Å². The van der Waals surface area contributed by atoms with Gasteiger partial charge in [-0.1, -0.05) is 19.3 Å². The second kappa shape index (κ2) is 7.25. The fourth-order valence-electron chi connectivity index (χ4n) is 2.97. The Morgan fingerprint density at radius 3 is 2.11 bits per heavy atom. The quantitative estimate of drug-likeness (QED) is 0.751. The minimum atomic E-state index is -3.26. The van der Waals surface area contributed by atoms with E-state index in [-0.39, 0.29) is 0 Å². The van der Waals surface area contributed by atoms with Gasteiger partial charge in [0, 0.05) is 32.1 Å². The molecule has 2 fully saturated rings. The Labute approximate surface area is 122 Å². The summed E-state index contributed by atoms with van der Waals surface area (Å²) in [6.45, 7) is 2.63. The van der Waals surface area contributed by atoms with Crippen LogP contribution in [0.25, 0.3) is 0 Å². The van der Waals surface area contributed by atoms with Crippen molar-refractivity contribution in [3.63, 3.8) is 0 Å². The van der Waals surface area contributed by atoms with Crippen LogP contribution in [-0.4, -0.2) is 49.1 Å². The van der Waals surface area contributed by atoms with Crippen LogP contribution < -0.4 is 0 Å². The number of hydrogen-bond acceptors (Lipinski definition) is 2. The van der Waals surface area contributed by atoms with Gasteiger partial charge < -0.3 is 0 Å². The van der Waals surface area contributed by atoms with Crippen molar-refractivity contribution in [2.24, 2.45) is 5.92 Å².